The summed E-state index contributed by atoms with van der Waals surface area (Å²) in [5.74, 6) is -1.86. The van der Waals surface area contributed by atoms with Crippen molar-refractivity contribution < 1.29 is 19.2 Å². The van der Waals surface area contributed by atoms with Crippen molar-refractivity contribution in [1.82, 2.24) is 15.5 Å². The van der Waals surface area contributed by atoms with E-state index in [1.807, 2.05) is 30.3 Å². The van der Waals surface area contributed by atoms with E-state index in [0.29, 0.717) is 19.4 Å². The number of carbonyl (C=O) groups excluding carboxylic acids is 4. The molecule has 1 heterocycles. The van der Waals surface area contributed by atoms with Crippen LogP contribution in [0.15, 0.2) is 30.3 Å². The first-order chi connectivity index (χ1) is 13.0. The monoisotopic (exact) mass is 371 g/mol. The van der Waals surface area contributed by atoms with Gasteiger partial charge in [0.2, 0.25) is 23.6 Å². The number of hydrogen-bond donors (Lipinski definition) is 2. The quantitative estimate of drug-likeness (QED) is 0.729. The number of imide groups is 1. The minimum atomic E-state index is -0.753. The first-order valence-electron chi connectivity index (χ1n) is 9.43. The van der Waals surface area contributed by atoms with Gasteiger partial charge in [-0.2, -0.15) is 0 Å². The number of nitrogens with one attached hydrogen (secondary N) is 2. The molecule has 144 valence electrons. The Labute approximate surface area is 158 Å². The van der Waals surface area contributed by atoms with Gasteiger partial charge in [-0.25, -0.2) is 0 Å². The first-order valence-corrected chi connectivity index (χ1v) is 9.43. The zero-order valence-electron chi connectivity index (χ0n) is 15.4. The predicted octanol–water partition coefficient (Wildman–Crippen LogP) is 0.983. The van der Waals surface area contributed by atoms with Crippen molar-refractivity contribution in [3.8, 4) is 0 Å². The van der Waals surface area contributed by atoms with E-state index in [1.165, 1.54) is 0 Å². The number of fused-ring (bicyclic) bond motifs is 1. The molecule has 27 heavy (non-hydrogen) atoms. The molecule has 1 aliphatic heterocycles. The summed E-state index contributed by atoms with van der Waals surface area (Å²) >= 11 is 0. The number of rotatable bonds is 6. The van der Waals surface area contributed by atoms with Crippen LogP contribution in [0.5, 0.6) is 0 Å². The molecule has 1 aliphatic carbocycles. The molecular formula is C20H25N3O4. The molecule has 2 fully saturated rings. The van der Waals surface area contributed by atoms with Crippen LogP contribution in [-0.2, 0) is 25.7 Å². The summed E-state index contributed by atoms with van der Waals surface area (Å²) in [7, 11) is 0. The van der Waals surface area contributed by atoms with Crippen LogP contribution in [-0.4, -0.2) is 41.1 Å². The Hall–Kier alpha value is -2.70. The van der Waals surface area contributed by atoms with Crippen molar-refractivity contribution in [2.24, 2.45) is 11.8 Å². The topological polar surface area (TPSA) is 95.6 Å². The van der Waals surface area contributed by atoms with Crippen molar-refractivity contribution in [1.29, 1.82) is 0 Å². The highest BCUT2D eigenvalue weighted by molar-refractivity contribution is 6.07. The molecule has 7 heteroatoms. The predicted molar refractivity (Wildman–Crippen MR) is 98.1 cm³/mol. The molecule has 1 saturated heterocycles. The van der Waals surface area contributed by atoms with Gasteiger partial charge in [-0.15, -0.1) is 0 Å². The molecule has 7 nitrogen and oxygen atoms in total. The first kappa shape index (κ1) is 19.1. The fourth-order valence-corrected chi connectivity index (χ4v) is 3.82. The van der Waals surface area contributed by atoms with Crippen LogP contribution in [0.4, 0.5) is 0 Å². The Bertz CT molecular complexity index is 710. The lowest BCUT2D eigenvalue weighted by Gasteiger charge is -2.19. The molecule has 0 bridgehead atoms. The minimum absolute atomic E-state index is 0.249. The van der Waals surface area contributed by atoms with Gasteiger partial charge >= 0.3 is 0 Å². The summed E-state index contributed by atoms with van der Waals surface area (Å²) in [6.07, 6.45) is 3.31. The zero-order chi connectivity index (χ0) is 19.4. The molecule has 0 spiro atoms. The Morgan fingerprint density at radius 2 is 1.67 bits per heavy atom. The van der Waals surface area contributed by atoms with E-state index in [-0.39, 0.29) is 36.1 Å². The average molecular weight is 371 g/mol. The van der Waals surface area contributed by atoms with Crippen molar-refractivity contribution in [2.75, 3.05) is 6.54 Å². The van der Waals surface area contributed by atoms with E-state index < -0.39 is 11.9 Å². The molecule has 4 amide bonds. The summed E-state index contributed by atoms with van der Waals surface area (Å²) in [6, 6.07) is 8.70. The molecular weight excluding hydrogens is 346 g/mol. The Kier molecular flexibility index (Phi) is 5.88. The fraction of sp³-hybridized carbons (Fsp3) is 0.500. The van der Waals surface area contributed by atoms with E-state index in [0.717, 1.165) is 23.3 Å². The number of benzene rings is 1. The van der Waals surface area contributed by atoms with Gasteiger partial charge < -0.3 is 10.6 Å². The highest BCUT2D eigenvalue weighted by Gasteiger charge is 2.48. The van der Waals surface area contributed by atoms with Crippen LogP contribution in [0.2, 0.25) is 0 Å². The molecule has 3 atom stereocenters. The normalized spacial score (nSPS) is 22.9. The lowest BCUT2D eigenvalue weighted by atomic mass is 9.81. The van der Waals surface area contributed by atoms with Crippen LogP contribution < -0.4 is 10.6 Å². The number of carbonyl (C=O) groups is 4. The third kappa shape index (κ3) is 4.35. The number of nitrogens with zero attached hydrogens (tertiary/aromatic N) is 1. The van der Waals surface area contributed by atoms with Crippen molar-refractivity contribution in [3.63, 3.8) is 0 Å². The second-order valence-corrected chi connectivity index (χ2v) is 7.25. The molecule has 2 aliphatic rings. The maximum absolute atomic E-state index is 12.4. The third-order valence-electron chi connectivity index (χ3n) is 5.31. The minimum Gasteiger partial charge on any atom is -0.350 e. The lowest BCUT2D eigenvalue weighted by Crippen LogP contribution is -2.48. The summed E-state index contributed by atoms with van der Waals surface area (Å²) in [6.45, 7) is 1.62. The fourth-order valence-electron chi connectivity index (χ4n) is 3.82. The maximum Gasteiger partial charge on any atom is 0.242 e. The SMILES string of the molecule is CC(NC(=O)CN1C(=O)C2CCCCC2C1=O)C(=O)NCc1ccccc1. The molecule has 1 saturated carbocycles. The third-order valence-corrected chi connectivity index (χ3v) is 5.31. The molecule has 2 N–H and O–H groups in total. The summed E-state index contributed by atoms with van der Waals surface area (Å²) in [5.41, 5.74) is 0.959. The molecule has 0 radical (unpaired) electrons. The summed E-state index contributed by atoms with van der Waals surface area (Å²) in [4.78, 5) is 50.3. The maximum atomic E-state index is 12.4. The van der Waals surface area contributed by atoms with Gasteiger partial charge in [0.15, 0.2) is 0 Å². The number of amides is 4. The Balaban J connectivity index is 1.49. The van der Waals surface area contributed by atoms with Gasteiger partial charge in [-0.3, -0.25) is 24.1 Å². The highest BCUT2D eigenvalue weighted by Crippen LogP contribution is 2.37. The van der Waals surface area contributed by atoms with Crippen LogP contribution in [0, 0.1) is 11.8 Å². The molecule has 1 aromatic rings. The van der Waals surface area contributed by atoms with Crippen LogP contribution >= 0.6 is 0 Å². The van der Waals surface area contributed by atoms with Gasteiger partial charge in [-0.05, 0) is 25.3 Å². The zero-order valence-corrected chi connectivity index (χ0v) is 15.4. The highest BCUT2D eigenvalue weighted by atomic mass is 16.2. The van der Waals surface area contributed by atoms with Crippen LogP contribution in [0.25, 0.3) is 0 Å². The van der Waals surface area contributed by atoms with Crippen molar-refractivity contribution in [3.05, 3.63) is 35.9 Å². The number of likely N-dealkylation sites (tertiary alicyclic amines) is 1. The number of hydrogen-bond acceptors (Lipinski definition) is 4. The second kappa shape index (κ2) is 8.33. The molecule has 3 unspecified atom stereocenters. The van der Waals surface area contributed by atoms with E-state index in [2.05, 4.69) is 10.6 Å². The van der Waals surface area contributed by atoms with Gasteiger partial charge in [0.05, 0.1) is 11.8 Å². The van der Waals surface area contributed by atoms with Gasteiger partial charge in [0.25, 0.3) is 0 Å². The van der Waals surface area contributed by atoms with Gasteiger partial charge in [0, 0.05) is 6.54 Å². The second-order valence-electron chi connectivity index (χ2n) is 7.25. The van der Waals surface area contributed by atoms with E-state index in [1.54, 1.807) is 6.92 Å². The van der Waals surface area contributed by atoms with Crippen molar-refractivity contribution >= 4 is 23.6 Å². The van der Waals surface area contributed by atoms with E-state index in [9.17, 15) is 19.2 Å². The largest absolute Gasteiger partial charge is 0.350 e. The molecule has 3 rings (SSSR count). The van der Waals surface area contributed by atoms with E-state index >= 15 is 0 Å². The lowest BCUT2D eigenvalue weighted by molar-refractivity contribution is -0.143. The molecule has 1 aromatic carbocycles. The van der Waals surface area contributed by atoms with Crippen LogP contribution in [0.3, 0.4) is 0 Å². The summed E-state index contributed by atoms with van der Waals surface area (Å²) < 4.78 is 0. The van der Waals surface area contributed by atoms with Gasteiger partial charge in [-0.1, -0.05) is 43.2 Å². The van der Waals surface area contributed by atoms with E-state index in [4.69, 9.17) is 0 Å². The Morgan fingerprint density at radius 3 is 2.26 bits per heavy atom. The smallest absolute Gasteiger partial charge is 0.242 e. The van der Waals surface area contributed by atoms with Gasteiger partial charge in [0.1, 0.15) is 12.6 Å². The average Bonchev–Trinajstić information content (AvgIpc) is 2.92. The summed E-state index contributed by atoms with van der Waals surface area (Å²) in [5, 5.41) is 5.32. The van der Waals surface area contributed by atoms with Crippen molar-refractivity contribution in [2.45, 2.75) is 45.2 Å². The molecule has 0 aromatic heterocycles. The van der Waals surface area contributed by atoms with Crippen LogP contribution in [0.1, 0.15) is 38.2 Å². The standard InChI is InChI=1S/C20H25N3O4/c1-13(18(25)21-11-14-7-3-2-4-8-14)22-17(24)12-23-19(26)15-9-5-6-10-16(15)20(23)27/h2-4,7-8,13,15-16H,5-6,9-12H2,1H3,(H,21,25)(H,22,24). The Morgan fingerprint density at radius 1 is 1.07 bits per heavy atom.